The van der Waals surface area contributed by atoms with Gasteiger partial charge in [-0.05, 0) is 54.8 Å². The minimum absolute atomic E-state index is 0.252. The lowest BCUT2D eigenvalue weighted by atomic mass is 9.69. The molecule has 1 aliphatic heterocycles. The van der Waals surface area contributed by atoms with Crippen molar-refractivity contribution < 1.29 is 0 Å². The van der Waals surface area contributed by atoms with Gasteiger partial charge in [-0.2, -0.15) is 0 Å². The molecule has 130 valence electrons. The van der Waals surface area contributed by atoms with E-state index in [1.807, 2.05) is 0 Å². The summed E-state index contributed by atoms with van der Waals surface area (Å²) in [5.41, 5.74) is 5.83. The molecule has 0 bridgehead atoms. The Morgan fingerprint density at radius 3 is 2.72 bits per heavy atom. The number of nitrogens with one attached hydrogen (secondary N) is 1. The van der Waals surface area contributed by atoms with Crippen LogP contribution in [0.5, 0.6) is 0 Å². The molecular weight excluding hydrogens is 332 g/mol. The number of hydrogen-bond donors (Lipinski definition) is 1. The van der Waals surface area contributed by atoms with Crippen molar-refractivity contribution >= 4 is 17.4 Å². The number of fused-ring (bicyclic) bond motifs is 3. The number of rotatable bonds is 1. The third-order valence-electron chi connectivity index (χ3n) is 6.28. The highest BCUT2D eigenvalue weighted by molar-refractivity contribution is 6.28. The van der Waals surface area contributed by atoms with Gasteiger partial charge in [0, 0.05) is 37.2 Å². The van der Waals surface area contributed by atoms with Crippen LogP contribution in [0.25, 0.3) is 0 Å². The summed E-state index contributed by atoms with van der Waals surface area (Å²) >= 11 is 6.33. The minimum Gasteiger partial charge on any atom is -0.354 e. The molecule has 1 spiro atoms. The molecule has 1 N–H and O–H groups in total. The van der Waals surface area contributed by atoms with Crippen LogP contribution in [0.1, 0.15) is 35.2 Å². The van der Waals surface area contributed by atoms with Crippen molar-refractivity contribution in [2.45, 2.75) is 37.5 Å². The molecule has 3 aliphatic rings. The molecule has 1 saturated heterocycles. The summed E-state index contributed by atoms with van der Waals surface area (Å²) in [6.45, 7) is 4.00. The van der Waals surface area contributed by atoms with Crippen molar-refractivity contribution in [1.29, 1.82) is 0 Å². The van der Waals surface area contributed by atoms with Gasteiger partial charge in [-0.1, -0.05) is 24.3 Å². The molecule has 5 heteroatoms. The number of anilines is 1. The predicted molar refractivity (Wildman–Crippen MR) is 101 cm³/mol. The van der Waals surface area contributed by atoms with Gasteiger partial charge < -0.3 is 10.2 Å². The molecular formula is C20H23ClN4. The standard InChI is InChI=1S/C20H23ClN4/c21-19-23-17-13-20(7-5-14-3-1-2-4-16(14)20)8-6-15(17)18(24-19)25-11-9-22-10-12-25/h1-4,22H,5-13H2. The number of benzene rings is 1. The molecule has 1 aromatic carbocycles. The second-order valence-electron chi connectivity index (χ2n) is 7.59. The monoisotopic (exact) mass is 354 g/mol. The zero-order valence-electron chi connectivity index (χ0n) is 14.4. The zero-order chi connectivity index (χ0) is 16.9. The fraction of sp³-hybridized carbons (Fsp3) is 0.500. The van der Waals surface area contributed by atoms with Crippen LogP contribution in [0.15, 0.2) is 24.3 Å². The summed E-state index contributed by atoms with van der Waals surface area (Å²) in [5, 5.41) is 3.81. The van der Waals surface area contributed by atoms with Crippen LogP contribution < -0.4 is 10.2 Å². The van der Waals surface area contributed by atoms with E-state index in [2.05, 4.69) is 44.5 Å². The third-order valence-corrected chi connectivity index (χ3v) is 6.45. The maximum Gasteiger partial charge on any atom is 0.224 e. The van der Waals surface area contributed by atoms with Crippen molar-refractivity contribution in [2.24, 2.45) is 0 Å². The zero-order valence-corrected chi connectivity index (χ0v) is 15.1. The highest BCUT2D eigenvalue weighted by Gasteiger charge is 2.42. The van der Waals surface area contributed by atoms with Crippen LogP contribution in [-0.2, 0) is 24.7 Å². The Bertz CT molecular complexity index is 815. The van der Waals surface area contributed by atoms with E-state index < -0.39 is 0 Å². The van der Waals surface area contributed by atoms with E-state index in [4.69, 9.17) is 11.6 Å². The smallest absolute Gasteiger partial charge is 0.224 e. The normalized spacial score (nSPS) is 25.1. The quantitative estimate of drug-likeness (QED) is 0.799. The van der Waals surface area contributed by atoms with E-state index in [1.54, 1.807) is 5.56 Å². The van der Waals surface area contributed by atoms with Crippen molar-refractivity contribution in [3.63, 3.8) is 0 Å². The fourth-order valence-electron chi connectivity index (χ4n) is 5.01. The highest BCUT2D eigenvalue weighted by atomic mass is 35.5. The van der Waals surface area contributed by atoms with Gasteiger partial charge in [0.05, 0.1) is 5.69 Å². The van der Waals surface area contributed by atoms with Gasteiger partial charge in [0.15, 0.2) is 0 Å². The maximum atomic E-state index is 6.33. The summed E-state index contributed by atoms with van der Waals surface area (Å²) in [6, 6.07) is 8.96. The van der Waals surface area contributed by atoms with Gasteiger partial charge in [-0.3, -0.25) is 0 Å². The second-order valence-corrected chi connectivity index (χ2v) is 7.93. The molecule has 1 fully saturated rings. The largest absolute Gasteiger partial charge is 0.354 e. The molecule has 1 aromatic heterocycles. The Hall–Kier alpha value is -1.65. The molecule has 2 aromatic rings. The first-order valence-corrected chi connectivity index (χ1v) is 9.72. The van der Waals surface area contributed by atoms with E-state index in [0.29, 0.717) is 5.28 Å². The summed E-state index contributed by atoms with van der Waals surface area (Å²) < 4.78 is 0. The molecule has 0 amide bonds. The first-order chi connectivity index (χ1) is 12.3. The first kappa shape index (κ1) is 15.6. The van der Waals surface area contributed by atoms with Crippen molar-refractivity contribution in [2.75, 3.05) is 31.1 Å². The van der Waals surface area contributed by atoms with Crippen LogP contribution in [0, 0.1) is 0 Å². The van der Waals surface area contributed by atoms with E-state index >= 15 is 0 Å². The Morgan fingerprint density at radius 2 is 1.84 bits per heavy atom. The van der Waals surface area contributed by atoms with Crippen molar-refractivity contribution in [3.8, 4) is 0 Å². The molecule has 0 radical (unpaired) electrons. The van der Waals surface area contributed by atoms with Gasteiger partial charge in [0.25, 0.3) is 0 Å². The lowest BCUT2D eigenvalue weighted by Crippen LogP contribution is -2.45. The lowest BCUT2D eigenvalue weighted by molar-refractivity contribution is 0.363. The van der Waals surface area contributed by atoms with Crippen molar-refractivity contribution in [3.05, 3.63) is 51.9 Å². The fourth-order valence-corrected chi connectivity index (χ4v) is 5.19. The first-order valence-electron chi connectivity index (χ1n) is 9.35. The molecule has 5 rings (SSSR count). The number of piperazine rings is 1. The molecule has 0 saturated carbocycles. The summed E-state index contributed by atoms with van der Waals surface area (Å²) in [5.74, 6) is 1.08. The molecule has 1 atom stereocenters. The van der Waals surface area contributed by atoms with Crippen LogP contribution in [-0.4, -0.2) is 36.1 Å². The summed E-state index contributed by atoms with van der Waals surface area (Å²) in [4.78, 5) is 11.7. The van der Waals surface area contributed by atoms with Crippen molar-refractivity contribution in [1.82, 2.24) is 15.3 Å². The second kappa shape index (κ2) is 5.96. The average molecular weight is 355 g/mol. The summed E-state index contributed by atoms with van der Waals surface area (Å²) in [7, 11) is 0. The molecule has 2 heterocycles. The van der Waals surface area contributed by atoms with Crippen LogP contribution in [0.3, 0.4) is 0 Å². The SMILES string of the molecule is Clc1nc2c(c(N3CCNCC3)n1)CCC1(CCc3ccccc31)C2. The van der Waals surface area contributed by atoms with E-state index in [0.717, 1.165) is 44.8 Å². The number of halogens is 1. The van der Waals surface area contributed by atoms with Gasteiger partial charge in [0.1, 0.15) is 5.82 Å². The van der Waals surface area contributed by atoms with E-state index in [-0.39, 0.29) is 5.41 Å². The number of nitrogens with zero attached hydrogens (tertiary/aromatic N) is 3. The molecule has 25 heavy (non-hydrogen) atoms. The van der Waals surface area contributed by atoms with Gasteiger partial charge >= 0.3 is 0 Å². The number of hydrogen-bond acceptors (Lipinski definition) is 4. The van der Waals surface area contributed by atoms with Crippen LogP contribution in [0.2, 0.25) is 5.28 Å². The Kier molecular flexibility index (Phi) is 3.72. The Morgan fingerprint density at radius 1 is 1.04 bits per heavy atom. The Balaban J connectivity index is 1.54. The molecule has 1 unspecified atom stereocenters. The summed E-state index contributed by atoms with van der Waals surface area (Å²) in [6.07, 6.45) is 5.67. The van der Waals surface area contributed by atoms with Gasteiger partial charge in [-0.25, -0.2) is 9.97 Å². The lowest BCUT2D eigenvalue weighted by Gasteiger charge is -2.38. The van der Waals surface area contributed by atoms with E-state index in [1.165, 1.54) is 36.1 Å². The van der Waals surface area contributed by atoms with Crippen LogP contribution in [0.4, 0.5) is 5.82 Å². The molecule has 2 aliphatic carbocycles. The minimum atomic E-state index is 0.252. The van der Waals surface area contributed by atoms with E-state index in [9.17, 15) is 0 Å². The number of aryl methyl sites for hydroxylation is 1. The topological polar surface area (TPSA) is 41.1 Å². The Labute approximate surface area is 153 Å². The van der Waals surface area contributed by atoms with Gasteiger partial charge in [-0.15, -0.1) is 0 Å². The predicted octanol–water partition coefficient (Wildman–Crippen LogP) is 2.91. The molecule has 4 nitrogen and oxygen atoms in total. The third kappa shape index (κ3) is 2.54. The number of aromatic nitrogens is 2. The van der Waals surface area contributed by atoms with Gasteiger partial charge in [0.2, 0.25) is 5.28 Å². The maximum absolute atomic E-state index is 6.33. The average Bonchev–Trinajstić information content (AvgIpc) is 3.00. The highest BCUT2D eigenvalue weighted by Crippen LogP contribution is 2.48. The van der Waals surface area contributed by atoms with Crippen LogP contribution >= 0.6 is 11.6 Å².